The molecule has 1 amide bonds. The van der Waals surface area contributed by atoms with Crippen LogP contribution in [0.1, 0.15) is 5.56 Å². The number of rotatable bonds is 8. The summed E-state index contributed by atoms with van der Waals surface area (Å²) in [5.74, 6) is -2.78. The molecule has 1 aliphatic heterocycles. The van der Waals surface area contributed by atoms with Gasteiger partial charge in [-0.3, -0.25) is 4.79 Å². The Hall–Kier alpha value is -1.95. The summed E-state index contributed by atoms with van der Waals surface area (Å²) in [7, 11) is -7.29. The minimum atomic E-state index is -4.74. The number of carboxylic acids is 1. The van der Waals surface area contributed by atoms with E-state index in [1.807, 2.05) is 0 Å². The standard InChI is InChI=1S/C20H18N4O9S2.2Na/c1-4-34(28,29)16-10-15(33-3)14(9-11(16)2)21-22-17-18(20(26)27)23-24(19(17)25)12-5-7-13(8-6-12)35(30,31)32;;/h4-10,17H,1H2,2-3H3,(H,26,27)(H,30,31,32);;/q;2*+1/p-2. The van der Waals surface area contributed by atoms with E-state index in [0.29, 0.717) is 5.01 Å². The molecule has 0 spiro atoms. The second-order valence-electron chi connectivity index (χ2n) is 6.99. The number of sulfone groups is 1. The summed E-state index contributed by atoms with van der Waals surface area (Å²) in [6, 6.07) is 4.80. The van der Waals surface area contributed by atoms with Gasteiger partial charge in [-0.15, -0.1) is 0 Å². The minimum Gasteiger partial charge on any atom is -0.744 e. The Morgan fingerprint density at radius 2 is 1.76 bits per heavy atom. The van der Waals surface area contributed by atoms with Crippen LogP contribution in [0.25, 0.3) is 0 Å². The summed E-state index contributed by atoms with van der Waals surface area (Å²) in [4.78, 5) is 23.7. The number of aryl methyl sites for hydroxylation is 1. The van der Waals surface area contributed by atoms with E-state index in [4.69, 9.17) is 4.74 Å². The molecule has 2 aromatic carbocycles. The monoisotopic (exact) mass is 566 g/mol. The Balaban J connectivity index is 0.00000342. The van der Waals surface area contributed by atoms with Crippen molar-refractivity contribution in [2.75, 3.05) is 12.1 Å². The zero-order valence-electron chi connectivity index (χ0n) is 20.1. The number of carbonyl (C=O) groups excluding carboxylic acids is 2. The average molecular weight is 566 g/mol. The van der Waals surface area contributed by atoms with Gasteiger partial charge in [-0.2, -0.15) is 20.3 Å². The summed E-state index contributed by atoms with van der Waals surface area (Å²) in [6.45, 7) is 4.75. The number of azo groups is 1. The van der Waals surface area contributed by atoms with Crippen LogP contribution in [0, 0.1) is 6.92 Å². The number of hydrazone groups is 1. The number of nitrogens with zero attached hydrogens (tertiary/aromatic N) is 4. The molecule has 0 aliphatic carbocycles. The van der Waals surface area contributed by atoms with Crippen LogP contribution in [0.4, 0.5) is 11.4 Å². The first-order chi connectivity index (χ1) is 16.3. The molecule has 0 fully saturated rings. The number of aliphatic carboxylic acids is 1. The first kappa shape index (κ1) is 33.1. The van der Waals surface area contributed by atoms with E-state index in [2.05, 4.69) is 21.9 Å². The van der Waals surface area contributed by atoms with Crippen molar-refractivity contribution < 1.29 is 99.9 Å². The number of hydrogen-bond donors (Lipinski definition) is 0. The molecule has 17 heteroatoms. The maximum Gasteiger partial charge on any atom is 1.00 e. The number of methoxy groups -OCH3 is 1. The normalized spacial score (nSPS) is 15.5. The van der Waals surface area contributed by atoms with E-state index in [-0.39, 0.29) is 86.7 Å². The quantitative estimate of drug-likeness (QED) is 0.170. The summed E-state index contributed by atoms with van der Waals surface area (Å²) in [5.41, 5.74) is -0.546. The first-order valence-electron chi connectivity index (χ1n) is 9.47. The van der Waals surface area contributed by atoms with Gasteiger partial charge in [-0.25, -0.2) is 16.8 Å². The third kappa shape index (κ3) is 7.13. The number of amides is 1. The molecule has 3 rings (SSSR count). The molecular formula is C20H16N4Na2O9S2. The van der Waals surface area contributed by atoms with Crippen molar-refractivity contribution >= 4 is 48.9 Å². The molecule has 0 aromatic heterocycles. The van der Waals surface area contributed by atoms with E-state index in [1.54, 1.807) is 0 Å². The van der Waals surface area contributed by atoms with Crippen LogP contribution >= 0.6 is 0 Å². The van der Waals surface area contributed by atoms with E-state index in [1.165, 1.54) is 26.2 Å². The van der Waals surface area contributed by atoms with Crippen molar-refractivity contribution in [3.63, 3.8) is 0 Å². The van der Waals surface area contributed by atoms with Gasteiger partial charge in [0.15, 0.2) is 15.9 Å². The van der Waals surface area contributed by atoms with Gasteiger partial charge in [0.05, 0.1) is 28.6 Å². The van der Waals surface area contributed by atoms with Gasteiger partial charge in [0.1, 0.15) is 27.3 Å². The van der Waals surface area contributed by atoms with Crippen molar-refractivity contribution in [2.45, 2.75) is 22.8 Å². The Morgan fingerprint density at radius 1 is 1.16 bits per heavy atom. The predicted octanol–water partition coefficient (Wildman–Crippen LogP) is -5.56. The van der Waals surface area contributed by atoms with Gasteiger partial charge >= 0.3 is 59.1 Å². The fraction of sp³-hybridized carbons (Fsp3) is 0.150. The van der Waals surface area contributed by atoms with Crippen LogP contribution in [0.3, 0.4) is 0 Å². The van der Waals surface area contributed by atoms with Crippen molar-refractivity contribution in [2.24, 2.45) is 15.3 Å². The van der Waals surface area contributed by atoms with Gasteiger partial charge < -0.3 is 19.2 Å². The minimum absolute atomic E-state index is 0. The van der Waals surface area contributed by atoms with Gasteiger partial charge in [0.2, 0.25) is 0 Å². The van der Waals surface area contributed by atoms with Crippen molar-refractivity contribution in [3.05, 3.63) is 53.9 Å². The van der Waals surface area contributed by atoms with Crippen LogP contribution in [0.15, 0.2) is 73.5 Å². The van der Waals surface area contributed by atoms with Crippen molar-refractivity contribution in [3.8, 4) is 5.75 Å². The molecule has 0 N–H and O–H groups in total. The summed E-state index contributed by atoms with van der Waals surface area (Å²) in [5, 5.41) is 24.3. The molecule has 37 heavy (non-hydrogen) atoms. The second-order valence-corrected chi connectivity index (χ2v) is 10.2. The number of hydrogen-bond acceptors (Lipinski definition) is 12. The zero-order chi connectivity index (χ0) is 26.1. The van der Waals surface area contributed by atoms with E-state index < -0.39 is 48.5 Å². The Morgan fingerprint density at radius 3 is 2.24 bits per heavy atom. The average Bonchev–Trinajstić information content (AvgIpc) is 3.13. The summed E-state index contributed by atoms with van der Waals surface area (Å²) in [6.07, 6.45) is 0. The molecule has 0 saturated carbocycles. The van der Waals surface area contributed by atoms with Gasteiger partial charge in [0, 0.05) is 11.5 Å². The molecule has 0 saturated heterocycles. The molecule has 0 bridgehead atoms. The van der Waals surface area contributed by atoms with E-state index in [0.717, 1.165) is 29.7 Å². The Labute approximate surface area is 256 Å². The molecule has 1 unspecified atom stereocenters. The molecule has 2 aromatic rings. The summed E-state index contributed by atoms with van der Waals surface area (Å²) >= 11 is 0. The molecule has 13 nitrogen and oxygen atoms in total. The molecule has 1 atom stereocenters. The smallest absolute Gasteiger partial charge is 0.744 e. The predicted molar refractivity (Wildman–Crippen MR) is 118 cm³/mol. The molecule has 0 radical (unpaired) electrons. The number of carboxylic acid groups (broad SMARTS) is 1. The maximum atomic E-state index is 12.8. The largest absolute Gasteiger partial charge is 1.00 e. The third-order valence-electron chi connectivity index (χ3n) is 4.77. The van der Waals surface area contributed by atoms with Gasteiger partial charge in [-0.1, -0.05) is 6.58 Å². The number of ether oxygens (including phenoxy) is 1. The SMILES string of the molecule is C=CS(=O)(=O)c1cc(OC)c(N=NC2C(=O)N(c3ccc(S(=O)(=O)[O-])cc3)N=C2C(=O)[O-])cc1C.[Na+].[Na+]. The third-order valence-corrected chi connectivity index (χ3v) is 7.11. The van der Waals surface area contributed by atoms with Crippen molar-refractivity contribution in [1.29, 1.82) is 0 Å². The number of anilines is 1. The molecule has 184 valence electrons. The van der Waals surface area contributed by atoms with E-state index in [9.17, 15) is 36.1 Å². The van der Waals surface area contributed by atoms with Crippen LogP contribution < -0.4 is 74.0 Å². The Kier molecular flexibility index (Phi) is 11.4. The zero-order valence-corrected chi connectivity index (χ0v) is 25.7. The van der Waals surface area contributed by atoms with E-state index >= 15 is 0 Å². The second kappa shape index (κ2) is 12.7. The number of benzene rings is 2. The van der Waals surface area contributed by atoms with Crippen LogP contribution in [0.2, 0.25) is 0 Å². The summed E-state index contributed by atoms with van der Waals surface area (Å²) < 4.78 is 62.7. The van der Waals surface area contributed by atoms with Crippen LogP contribution in [0.5, 0.6) is 5.75 Å². The maximum absolute atomic E-state index is 12.8. The molecular weight excluding hydrogens is 550 g/mol. The molecule has 1 aliphatic rings. The van der Waals surface area contributed by atoms with Crippen molar-refractivity contribution in [1.82, 2.24) is 0 Å². The van der Waals surface area contributed by atoms with Crippen LogP contribution in [-0.2, 0) is 29.5 Å². The number of carbonyl (C=O) groups is 2. The fourth-order valence-corrected chi connectivity index (χ4v) is 4.48. The molecule has 1 heterocycles. The topological polar surface area (TPSA) is 198 Å². The fourth-order valence-electron chi connectivity index (χ4n) is 3.05. The Bertz CT molecular complexity index is 1510. The first-order valence-corrected chi connectivity index (χ1v) is 12.4. The van der Waals surface area contributed by atoms with Crippen LogP contribution in [-0.4, -0.2) is 52.1 Å². The van der Waals surface area contributed by atoms with Gasteiger partial charge in [0.25, 0.3) is 5.91 Å². The van der Waals surface area contributed by atoms with Gasteiger partial charge in [-0.05, 0) is 42.8 Å².